The van der Waals surface area contributed by atoms with Crippen LogP contribution in [0.25, 0.3) is 0 Å². The van der Waals surface area contributed by atoms with Crippen LogP contribution >= 0.6 is 15.9 Å². The molecule has 0 radical (unpaired) electrons. The van der Waals surface area contributed by atoms with Crippen LogP contribution in [-0.4, -0.2) is 19.6 Å². The topological polar surface area (TPSA) is 46.2 Å². The van der Waals surface area contributed by atoms with Gasteiger partial charge in [0.05, 0.1) is 16.1 Å². The lowest BCUT2D eigenvalue weighted by atomic mass is 10.3. The van der Waals surface area contributed by atoms with Crippen LogP contribution in [-0.2, 0) is 9.84 Å². The first-order chi connectivity index (χ1) is 6.60. The molecule has 0 fully saturated rings. The van der Waals surface area contributed by atoms with Crippen molar-refractivity contribution in [1.82, 2.24) is 0 Å². The molecule has 0 spiro atoms. The predicted octanol–water partition coefficient (Wildman–Crippen LogP) is 2.24. The summed E-state index contributed by atoms with van der Waals surface area (Å²) in [7, 11) is -3.07. The van der Waals surface area contributed by atoms with Gasteiger partial charge in [-0.05, 0) is 24.3 Å². The van der Waals surface area contributed by atoms with Gasteiger partial charge >= 0.3 is 0 Å². The maximum Gasteiger partial charge on any atom is 0.178 e. The third-order valence-electron chi connectivity index (χ3n) is 1.86. The van der Waals surface area contributed by atoms with Crippen molar-refractivity contribution in [2.24, 2.45) is 0 Å². The second-order valence-corrected chi connectivity index (χ2v) is 5.58. The Kier molecular flexibility index (Phi) is 3.95. The van der Waals surface area contributed by atoms with E-state index in [1.807, 2.05) is 0 Å². The highest BCUT2D eigenvalue weighted by atomic mass is 79.9. The third kappa shape index (κ3) is 2.72. The normalized spacial score (nSPS) is 11.3. The molecule has 14 heavy (non-hydrogen) atoms. The number of sulfone groups is 1. The van der Waals surface area contributed by atoms with Gasteiger partial charge in [-0.2, -0.15) is 0 Å². The Morgan fingerprint density at radius 3 is 2.29 bits per heavy atom. The average molecular weight is 278 g/mol. The zero-order chi connectivity index (χ0) is 10.6. The molecule has 0 aliphatic carbocycles. The maximum absolute atomic E-state index is 11.4. The smallest absolute Gasteiger partial charge is 0.178 e. The highest BCUT2D eigenvalue weighted by molar-refractivity contribution is 9.09. The van der Waals surface area contributed by atoms with Crippen molar-refractivity contribution in [1.29, 1.82) is 0 Å². The zero-order valence-corrected chi connectivity index (χ0v) is 10.2. The van der Waals surface area contributed by atoms with E-state index in [4.69, 9.17) is 0 Å². The summed E-state index contributed by atoms with van der Waals surface area (Å²) in [5, 5.41) is 3.03. The number of nitrogens with one attached hydrogen (secondary N) is 1. The lowest BCUT2D eigenvalue weighted by Crippen LogP contribution is -2.03. The number of rotatable bonds is 4. The summed E-state index contributed by atoms with van der Waals surface area (Å²) in [4.78, 5) is 0.375. The van der Waals surface area contributed by atoms with Crippen LogP contribution in [0.1, 0.15) is 6.92 Å². The zero-order valence-electron chi connectivity index (χ0n) is 7.83. The summed E-state index contributed by atoms with van der Waals surface area (Å²) in [5.74, 6) is 0.137. The fourth-order valence-electron chi connectivity index (χ4n) is 1.02. The molecule has 0 atom stereocenters. The molecule has 3 nitrogen and oxygen atoms in total. The predicted molar refractivity (Wildman–Crippen MR) is 61.6 cm³/mol. The first-order valence-corrected chi connectivity index (χ1v) is 7.00. The number of alkyl halides is 1. The molecule has 78 valence electrons. The molecule has 5 heteroatoms. The molecule has 1 rings (SSSR count). The van der Waals surface area contributed by atoms with Crippen molar-refractivity contribution in [2.75, 3.05) is 16.5 Å². The molecular formula is C9H12BrNO2S. The molecule has 0 amide bonds. The largest absolute Gasteiger partial charge is 0.375 e. The Bertz CT molecular complexity index is 386. The van der Waals surface area contributed by atoms with Crippen LogP contribution in [0.4, 0.5) is 5.69 Å². The lowest BCUT2D eigenvalue weighted by molar-refractivity contribution is 0.597. The number of benzene rings is 1. The summed E-state index contributed by atoms with van der Waals surface area (Å²) < 4.78 is 22.9. The minimum absolute atomic E-state index is 0.137. The Hall–Kier alpha value is -0.550. The Morgan fingerprint density at radius 2 is 1.86 bits per heavy atom. The molecule has 0 aliphatic heterocycles. The molecule has 1 aromatic carbocycles. The van der Waals surface area contributed by atoms with E-state index in [9.17, 15) is 8.42 Å². The Balaban J connectivity index is 2.94. The summed E-state index contributed by atoms with van der Waals surface area (Å²) in [6, 6.07) is 6.74. The third-order valence-corrected chi connectivity index (χ3v) is 3.90. The van der Waals surface area contributed by atoms with Crippen molar-refractivity contribution in [3.8, 4) is 0 Å². The number of halogens is 1. The van der Waals surface area contributed by atoms with Crippen LogP contribution in [0.5, 0.6) is 0 Å². The second-order valence-electron chi connectivity index (χ2n) is 2.74. The minimum atomic E-state index is -3.07. The first kappa shape index (κ1) is 11.5. The van der Waals surface area contributed by atoms with E-state index in [2.05, 4.69) is 21.2 Å². The van der Waals surface area contributed by atoms with Crippen molar-refractivity contribution < 1.29 is 8.42 Å². The van der Waals surface area contributed by atoms with E-state index in [0.717, 1.165) is 5.69 Å². The fraction of sp³-hybridized carbons (Fsp3) is 0.333. The molecule has 0 heterocycles. The number of hydrogen-bond donors (Lipinski definition) is 1. The van der Waals surface area contributed by atoms with Crippen molar-refractivity contribution >= 4 is 31.5 Å². The van der Waals surface area contributed by atoms with Crippen LogP contribution < -0.4 is 5.32 Å². The van der Waals surface area contributed by atoms with Crippen LogP contribution in [0.2, 0.25) is 0 Å². The van der Waals surface area contributed by atoms with Gasteiger partial charge in [-0.1, -0.05) is 22.9 Å². The maximum atomic E-state index is 11.4. The molecule has 0 bridgehead atoms. The van der Waals surface area contributed by atoms with E-state index in [1.165, 1.54) is 0 Å². The molecule has 0 aromatic heterocycles. The van der Waals surface area contributed by atoms with Gasteiger partial charge in [-0.3, -0.25) is 0 Å². The van der Waals surface area contributed by atoms with Gasteiger partial charge < -0.3 is 5.32 Å². The van der Waals surface area contributed by atoms with Gasteiger partial charge in [-0.25, -0.2) is 8.42 Å². The molecular weight excluding hydrogens is 266 g/mol. The van der Waals surface area contributed by atoms with E-state index < -0.39 is 9.84 Å². The minimum Gasteiger partial charge on any atom is -0.375 e. The van der Waals surface area contributed by atoms with Gasteiger partial charge in [-0.15, -0.1) is 0 Å². The van der Waals surface area contributed by atoms with Crippen LogP contribution in [0, 0.1) is 0 Å². The molecule has 0 saturated heterocycles. The monoisotopic (exact) mass is 277 g/mol. The highest BCUT2D eigenvalue weighted by Gasteiger charge is 2.10. The molecule has 0 saturated carbocycles. The van der Waals surface area contributed by atoms with E-state index >= 15 is 0 Å². The van der Waals surface area contributed by atoms with Crippen LogP contribution in [0.3, 0.4) is 0 Å². The summed E-state index contributed by atoms with van der Waals surface area (Å²) >= 11 is 3.23. The van der Waals surface area contributed by atoms with Crippen molar-refractivity contribution in [3.63, 3.8) is 0 Å². The molecule has 0 aliphatic rings. The van der Waals surface area contributed by atoms with Gasteiger partial charge in [0.25, 0.3) is 0 Å². The summed E-state index contributed by atoms with van der Waals surface area (Å²) in [6.45, 7) is 1.64. The number of hydrogen-bond acceptors (Lipinski definition) is 3. The SMILES string of the molecule is CCS(=O)(=O)c1ccc(NCBr)cc1. The van der Waals surface area contributed by atoms with Gasteiger partial charge in [0.15, 0.2) is 9.84 Å². The van der Waals surface area contributed by atoms with Gasteiger partial charge in [0.2, 0.25) is 0 Å². The quantitative estimate of drug-likeness (QED) is 0.678. The molecule has 1 aromatic rings. The van der Waals surface area contributed by atoms with Gasteiger partial charge in [0.1, 0.15) is 0 Å². The Morgan fingerprint density at radius 1 is 1.29 bits per heavy atom. The second kappa shape index (κ2) is 4.79. The fourth-order valence-corrected chi connectivity index (χ4v) is 2.23. The first-order valence-electron chi connectivity index (χ1n) is 4.23. The van der Waals surface area contributed by atoms with Crippen LogP contribution in [0.15, 0.2) is 29.2 Å². The van der Waals surface area contributed by atoms with E-state index in [-0.39, 0.29) is 5.75 Å². The van der Waals surface area contributed by atoms with Gasteiger partial charge in [0, 0.05) is 5.69 Å². The number of anilines is 1. The molecule has 1 N–H and O–H groups in total. The van der Waals surface area contributed by atoms with E-state index in [1.54, 1.807) is 31.2 Å². The highest BCUT2D eigenvalue weighted by Crippen LogP contribution is 2.15. The molecule has 0 unspecified atom stereocenters. The average Bonchev–Trinajstić information content (AvgIpc) is 2.19. The lowest BCUT2D eigenvalue weighted by Gasteiger charge is -2.04. The summed E-state index contributed by atoms with van der Waals surface area (Å²) in [6.07, 6.45) is 0. The van der Waals surface area contributed by atoms with E-state index in [0.29, 0.717) is 10.3 Å². The Labute approximate surface area is 92.6 Å². The van der Waals surface area contributed by atoms with Crippen molar-refractivity contribution in [2.45, 2.75) is 11.8 Å². The van der Waals surface area contributed by atoms with Crippen molar-refractivity contribution in [3.05, 3.63) is 24.3 Å². The summed E-state index contributed by atoms with van der Waals surface area (Å²) in [5.41, 5.74) is 1.55. The standard InChI is InChI=1S/C9H12BrNO2S/c1-2-14(12,13)9-5-3-8(4-6-9)11-7-10/h3-6,11H,2,7H2,1H3.